The third kappa shape index (κ3) is 4.08. The van der Waals surface area contributed by atoms with E-state index in [-0.39, 0.29) is 6.79 Å². The van der Waals surface area contributed by atoms with E-state index in [1.54, 1.807) is 18.2 Å². The van der Waals surface area contributed by atoms with E-state index in [4.69, 9.17) is 44.9 Å². The Balaban J connectivity index is 1.52. The Bertz CT molecular complexity index is 779. The number of thiocarbonyl (C=S) groups is 1. The van der Waals surface area contributed by atoms with Crippen molar-refractivity contribution in [1.29, 1.82) is 0 Å². The van der Waals surface area contributed by atoms with Gasteiger partial charge in [-0.05, 0) is 42.0 Å². The van der Waals surface area contributed by atoms with Crippen molar-refractivity contribution >= 4 is 46.7 Å². The Morgan fingerprint density at radius 1 is 1.17 bits per heavy atom. The highest BCUT2D eigenvalue weighted by Crippen LogP contribution is 2.32. The van der Waals surface area contributed by atoms with Crippen LogP contribution in [0.5, 0.6) is 11.5 Å². The molecule has 3 rings (SSSR count). The van der Waals surface area contributed by atoms with Gasteiger partial charge in [-0.3, -0.25) is 5.43 Å². The quantitative estimate of drug-likeness (QED) is 0.480. The number of nitrogens with one attached hydrogen (secondary N) is 2. The summed E-state index contributed by atoms with van der Waals surface area (Å²) in [5.41, 5.74) is 4.37. The van der Waals surface area contributed by atoms with Crippen molar-refractivity contribution in [2.75, 3.05) is 6.79 Å². The highest BCUT2D eigenvalue weighted by Gasteiger charge is 2.13. The summed E-state index contributed by atoms with van der Waals surface area (Å²) in [5, 5.41) is 8.51. The number of hydrogen-bond acceptors (Lipinski definition) is 4. The summed E-state index contributed by atoms with van der Waals surface area (Å²) < 4.78 is 10.6. The van der Waals surface area contributed by atoms with Crippen molar-refractivity contribution in [3.8, 4) is 11.5 Å². The van der Waals surface area contributed by atoms with Crippen molar-refractivity contribution in [3.05, 3.63) is 57.6 Å². The first-order chi connectivity index (χ1) is 11.6. The molecule has 0 saturated heterocycles. The Hall–Kier alpha value is -2.02. The van der Waals surface area contributed by atoms with Crippen LogP contribution in [0.3, 0.4) is 0 Å². The molecule has 2 aromatic rings. The van der Waals surface area contributed by atoms with Crippen molar-refractivity contribution in [1.82, 2.24) is 10.7 Å². The van der Waals surface area contributed by atoms with Gasteiger partial charge in [0.05, 0.1) is 16.3 Å². The molecule has 2 N–H and O–H groups in total. The highest BCUT2D eigenvalue weighted by molar-refractivity contribution is 7.80. The minimum atomic E-state index is 0.255. The molecule has 0 saturated carbocycles. The molecule has 0 aliphatic carbocycles. The van der Waals surface area contributed by atoms with E-state index in [0.29, 0.717) is 27.3 Å². The number of rotatable bonds is 4. The number of hydrazone groups is 1. The molecule has 8 heteroatoms. The van der Waals surface area contributed by atoms with Crippen LogP contribution < -0.4 is 20.2 Å². The number of halogens is 2. The number of nitrogens with zero attached hydrogens (tertiary/aromatic N) is 1. The van der Waals surface area contributed by atoms with Gasteiger partial charge in [0.15, 0.2) is 16.6 Å². The van der Waals surface area contributed by atoms with Gasteiger partial charge in [0.1, 0.15) is 0 Å². The molecular weight excluding hydrogens is 369 g/mol. The van der Waals surface area contributed by atoms with Crippen LogP contribution in [0.1, 0.15) is 11.1 Å². The van der Waals surface area contributed by atoms with Gasteiger partial charge in [-0.25, -0.2) is 0 Å². The van der Waals surface area contributed by atoms with Crippen LogP contribution in [0.15, 0.2) is 41.5 Å². The van der Waals surface area contributed by atoms with Crippen LogP contribution >= 0.6 is 35.4 Å². The first kappa shape index (κ1) is 16.8. The SMILES string of the molecule is S=C(NCc1ccc2c(c1)OCO2)N/N=C\c1c(Cl)cccc1Cl. The summed E-state index contributed by atoms with van der Waals surface area (Å²) in [7, 11) is 0. The summed E-state index contributed by atoms with van der Waals surface area (Å²) in [6.07, 6.45) is 1.53. The lowest BCUT2D eigenvalue weighted by atomic mass is 10.2. The topological polar surface area (TPSA) is 54.9 Å². The number of hydrogen-bond donors (Lipinski definition) is 2. The third-order valence-electron chi connectivity index (χ3n) is 3.25. The standard InChI is InChI=1S/C16H13Cl2N3O2S/c17-12-2-1-3-13(18)11(12)8-20-21-16(24)19-7-10-4-5-14-15(6-10)23-9-22-14/h1-6,8H,7,9H2,(H2,19,21,24)/b20-8-. The average Bonchev–Trinajstić information content (AvgIpc) is 3.03. The zero-order valence-corrected chi connectivity index (χ0v) is 14.7. The zero-order chi connectivity index (χ0) is 16.9. The van der Waals surface area contributed by atoms with Crippen molar-refractivity contribution < 1.29 is 9.47 Å². The Kier molecular flexibility index (Phi) is 5.40. The molecule has 5 nitrogen and oxygen atoms in total. The molecule has 0 amide bonds. The molecule has 24 heavy (non-hydrogen) atoms. The normalized spacial score (nSPS) is 12.4. The van der Waals surface area contributed by atoms with E-state index in [2.05, 4.69) is 15.8 Å². The predicted octanol–water partition coefficient (Wildman–Crippen LogP) is 3.72. The molecule has 0 fully saturated rings. The largest absolute Gasteiger partial charge is 0.454 e. The molecule has 1 heterocycles. The smallest absolute Gasteiger partial charge is 0.231 e. The van der Waals surface area contributed by atoms with Crippen LogP contribution in [-0.4, -0.2) is 18.1 Å². The fraction of sp³-hybridized carbons (Fsp3) is 0.125. The second-order valence-electron chi connectivity index (χ2n) is 4.88. The zero-order valence-electron chi connectivity index (χ0n) is 12.4. The molecule has 1 aliphatic rings. The maximum absolute atomic E-state index is 6.06. The maximum atomic E-state index is 6.06. The van der Waals surface area contributed by atoms with Gasteiger partial charge in [-0.15, -0.1) is 0 Å². The van der Waals surface area contributed by atoms with E-state index in [9.17, 15) is 0 Å². The molecule has 0 unspecified atom stereocenters. The fourth-order valence-corrected chi connectivity index (χ4v) is 2.68. The minimum absolute atomic E-state index is 0.255. The lowest BCUT2D eigenvalue weighted by molar-refractivity contribution is 0.174. The second-order valence-corrected chi connectivity index (χ2v) is 6.10. The molecule has 0 bridgehead atoms. The second kappa shape index (κ2) is 7.70. The van der Waals surface area contributed by atoms with Gasteiger partial charge in [-0.2, -0.15) is 5.10 Å². The summed E-state index contributed by atoms with van der Waals surface area (Å²) in [6, 6.07) is 11.0. The molecule has 124 valence electrons. The number of fused-ring (bicyclic) bond motifs is 1. The van der Waals surface area contributed by atoms with Crippen molar-refractivity contribution in [2.24, 2.45) is 5.10 Å². The van der Waals surface area contributed by atoms with Gasteiger partial charge >= 0.3 is 0 Å². The Labute approximate surface area is 154 Å². The Morgan fingerprint density at radius 2 is 1.92 bits per heavy atom. The van der Waals surface area contributed by atoms with Crippen LogP contribution in [-0.2, 0) is 6.54 Å². The third-order valence-corrected chi connectivity index (χ3v) is 4.14. The molecule has 0 radical (unpaired) electrons. The summed E-state index contributed by atoms with van der Waals surface area (Å²) in [4.78, 5) is 0. The first-order valence-electron chi connectivity index (χ1n) is 7.03. The van der Waals surface area contributed by atoms with Gasteiger partial charge in [0.25, 0.3) is 0 Å². The number of ether oxygens (including phenoxy) is 2. The highest BCUT2D eigenvalue weighted by atomic mass is 35.5. The van der Waals surface area contributed by atoms with Crippen LogP contribution in [0.25, 0.3) is 0 Å². The average molecular weight is 382 g/mol. The van der Waals surface area contributed by atoms with Crippen LogP contribution in [0.4, 0.5) is 0 Å². The first-order valence-corrected chi connectivity index (χ1v) is 8.19. The number of benzene rings is 2. The molecule has 0 atom stereocenters. The van der Waals surface area contributed by atoms with Crippen LogP contribution in [0, 0.1) is 0 Å². The molecule has 0 aromatic heterocycles. The van der Waals surface area contributed by atoms with Gasteiger partial charge in [0, 0.05) is 12.1 Å². The van der Waals surface area contributed by atoms with Gasteiger partial charge in [-0.1, -0.05) is 35.3 Å². The molecule has 0 spiro atoms. The van der Waals surface area contributed by atoms with E-state index in [1.807, 2.05) is 18.2 Å². The minimum Gasteiger partial charge on any atom is -0.454 e. The molecule has 2 aromatic carbocycles. The van der Waals surface area contributed by atoms with Crippen molar-refractivity contribution in [3.63, 3.8) is 0 Å². The van der Waals surface area contributed by atoms with E-state index in [1.165, 1.54) is 6.21 Å². The van der Waals surface area contributed by atoms with E-state index < -0.39 is 0 Å². The van der Waals surface area contributed by atoms with Gasteiger partial charge < -0.3 is 14.8 Å². The summed E-state index contributed by atoms with van der Waals surface area (Å²) in [5.74, 6) is 1.49. The monoisotopic (exact) mass is 381 g/mol. The Morgan fingerprint density at radius 3 is 2.71 bits per heavy atom. The fourth-order valence-electron chi connectivity index (χ4n) is 2.06. The summed E-state index contributed by atoms with van der Waals surface area (Å²) in [6.45, 7) is 0.788. The summed E-state index contributed by atoms with van der Waals surface area (Å²) >= 11 is 17.3. The molecular formula is C16H13Cl2N3O2S. The molecule has 1 aliphatic heterocycles. The van der Waals surface area contributed by atoms with Crippen molar-refractivity contribution in [2.45, 2.75) is 6.54 Å². The predicted molar refractivity (Wildman–Crippen MR) is 99.2 cm³/mol. The van der Waals surface area contributed by atoms with Crippen LogP contribution in [0.2, 0.25) is 10.0 Å². The maximum Gasteiger partial charge on any atom is 0.231 e. The van der Waals surface area contributed by atoms with Gasteiger partial charge in [0.2, 0.25) is 6.79 Å². The lowest BCUT2D eigenvalue weighted by Gasteiger charge is -2.08. The van der Waals surface area contributed by atoms with E-state index >= 15 is 0 Å². The lowest BCUT2D eigenvalue weighted by Crippen LogP contribution is -2.31. The van der Waals surface area contributed by atoms with E-state index in [0.717, 1.165) is 17.1 Å².